The third-order valence-electron chi connectivity index (χ3n) is 2.50. The van der Waals surface area contributed by atoms with Crippen LogP contribution in [0.15, 0.2) is 54.3 Å². The predicted octanol–water partition coefficient (Wildman–Crippen LogP) is 1.93. The molecule has 2 nitrogen and oxygen atoms in total. The summed E-state index contributed by atoms with van der Waals surface area (Å²) in [5, 5.41) is 8.93. The molecule has 1 aromatic carbocycles. The van der Waals surface area contributed by atoms with E-state index in [1.807, 2.05) is 18.3 Å². The third-order valence-corrected chi connectivity index (χ3v) is 2.50. The van der Waals surface area contributed by atoms with Crippen LogP contribution in [0.4, 0.5) is 0 Å². The topological polar surface area (TPSA) is 23.5 Å². The van der Waals surface area contributed by atoms with Crippen molar-refractivity contribution < 1.29 is 5.11 Å². The van der Waals surface area contributed by atoms with E-state index in [1.165, 1.54) is 5.56 Å². The minimum atomic E-state index is 0.135. The van der Waals surface area contributed by atoms with Gasteiger partial charge >= 0.3 is 0 Å². The Labute approximate surface area is 90.2 Å². The van der Waals surface area contributed by atoms with Crippen LogP contribution in [0.3, 0.4) is 0 Å². The van der Waals surface area contributed by atoms with Gasteiger partial charge in [-0.1, -0.05) is 36.4 Å². The van der Waals surface area contributed by atoms with E-state index < -0.39 is 0 Å². The van der Waals surface area contributed by atoms with Crippen LogP contribution in [-0.4, -0.2) is 23.2 Å². The highest BCUT2D eigenvalue weighted by atomic mass is 16.3. The highest BCUT2D eigenvalue weighted by molar-refractivity contribution is 5.24. The van der Waals surface area contributed by atoms with Gasteiger partial charge in [0.25, 0.3) is 0 Å². The van der Waals surface area contributed by atoms with E-state index in [0.29, 0.717) is 0 Å². The van der Waals surface area contributed by atoms with Gasteiger partial charge in [0.15, 0.2) is 0 Å². The lowest BCUT2D eigenvalue weighted by atomic mass is 10.1. The van der Waals surface area contributed by atoms with Gasteiger partial charge in [0, 0.05) is 19.3 Å². The van der Waals surface area contributed by atoms with Crippen molar-refractivity contribution in [3.05, 3.63) is 59.8 Å². The molecule has 1 aliphatic rings. The zero-order chi connectivity index (χ0) is 10.5. The van der Waals surface area contributed by atoms with E-state index in [9.17, 15) is 0 Å². The van der Waals surface area contributed by atoms with E-state index in [4.69, 9.17) is 5.11 Å². The Morgan fingerprint density at radius 1 is 1.20 bits per heavy atom. The number of hydrogen-bond acceptors (Lipinski definition) is 2. The summed E-state index contributed by atoms with van der Waals surface area (Å²) in [4.78, 5) is 2.22. The highest BCUT2D eigenvalue weighted by Crippen LogP contribution is 2.10. The number of aliphatic hydroxyl groups excluding tert-OH is 1. The Bertz CT molecular complexity index is 367. The van der Waals surface area contributed by atoms with Gasteiger partial charge in [-0.15, -0.1) is 0 Å². The number of aliphatic hydroxyl groups is 1. The lowest BCUT2D eigenvalue weighted by Gasteiger charge is -2.22. The van der Waals surface area contributed by atoms with Crippen molar-refractivity contribution in [2.24, 2.45) is 0 Å². The van der Waals surface area contributed by atoms with Gasteiger partial charge < -0.3 is 10.0 Å². The molecule has 0 saturated heterocycles. The molecule has 0 aromatic heterocycles. The van der Waals surface area contributed by atoms with Gasteiger partial charge in [-0.3, -0.25) is 0 Å². The zero-order valence-corrected chi connectivity index (χ0v) is 8.63. The van der Waals surface area contributed by atoms with E-state index in [-0.39, 0.29) is 6.61 Å². The van der Waals surface area contributed by atoms with Crippen LogP contribution in [0, 0.1) is 0 Å². The molecule has 0 atom stereocenters. The first-order chi connectivity index (χ1) is 7.38. The molecule has 0 spiro atoms. The van der Waals surface area contributed by atoms with Crippen molar-refractivity contribution in [2.75, 3.05) is 13.2 Å². The van der Waals surface area contributed by atoms with Crippen molar-refractivity contribution >= 4 is 0 Å². The zero-order valence-electron chi connectivity index (χ0n) is 8.63. The van der Waals surface area contributed by atoms with E-state index in [0.717, 1.165) is 18.7 Å². The van der Waals surface area contributed by atoms with Crippen LogP contribution in [0.25, 0.3) is 0 Å². The van der Waals surface area contributed by atoms with Crippen molar-refractivity contribution in [3.8, 4) is 0 Å². The molecule has 1 aromatic rings. The lowest BCUT2D eigenvalue weighted by molar-refractivity contribution is 0.329. The van der Waals surface area contributed by atoms with E-state index in [2.05, 4.69) is 35.2 Å². The van der Waals surface area contributed by atoms with E-state index >= 15 is 0 Å². The largest absolute Gasteiger partial charge is 0.392 e. The van der Waals surface area contributed by atoms with Gasteiger partial charge in [0.2, 0.25) is 0 Å². The van der Waals surface area contributed by atoms with E-state index in [1.54, 1.807) is 0 Å². The fourth-order valence-electron chi connectivity index (χ4n) is 1.62. The predicted molar refractivity (Wildman–Crippen MR) is 61.2 cm³/mol. The molecular weight excluding hydrogens is 186 g/mol. The molecule has 1 aliphatic heterocycles. The molecule has 2 rings (SSSR count). The maximum absolute atomic E-state index is 8.93. The van der Waals surface area contributed by atoms with Gasteiger partial charge in [-0.25, -0.2) is 0 Å². The normalized spacial score (nSPS) is 15.3. The number of benzene rings is 1. The summed E-state index contributed by atoms with van der Waals surface area (Å²) in [5.41, 5.74) is 2.31. The molecule has 0 unspecified atom stereocenters. The first-order valence-corrected chi connectivity index (χ1v) is 5.14. The van der Waals surface area contributed by atoms with Crippen LogP contribution in [0.2, 0.25) is 0 Å². The summed E-state index contributed by atoms with van der Waals surface area (Å²) in [6.45, 7) is 1.93. The number of rotatable bonds is 3. The van der Waals surface area contributed by atoms with Crippen LogP contribution in [0.5, 0.6) is 0 Å². The quantitative estimate of drug-likeness (QED) is 0.807. The minimum absolute atomic E-state index is 0.135. The second-order valence-electron chi connectivity index (χ2n) is 3.67. The Kier molecular flexibility index (Phi) is 3.20. The summed E-state index contributed by atoms with van der Waals surface area (Å²) >= 11 is 0. The monoisotopic (exact) mass is 201 g/mol. The first kappa shape index (κ1) is 9.99. The molecule has 1 N–H and O–H groups in total. The second kappa shape index (κ2) is 4.80. The molecule has 0 bridgehead atoms. The third kappa shape index (κ3) is 2.70. The van der Waals surface area contributed by atoms with Gasteiger partial charge in [-0.2, -0.15) is 0 Å². The Morgan fingerprint density at radius 2 is 2.00 bits per heavy atom. The summed E-state index contributed by atoms with van der Waals surface area (Å²) in [5.74, 6) is 0. The molecular formula is C13H15NO. The van der Waals surface area contributed by atoms with Crippen LogP contribution in [-0.2, 0) is 6.54 Å². The van der Waals surface area contributed by atoms with Crippen LogP contribution < -0.4 is 0 Å². The van der Waals surface area contributed by atoms with Crippen molar-refractivity contribution in [1.29, 1.82) is 0 Å². The van der Waals surface area contributed by atoms with Gasteiger partial charge in [-0.05, 0) is 17.2 Å². The summed E-state index contributed by atoms with van der Waals surface area (Å²) in [7, 11) is 0. The Morgan fingerprint density at radius 3 is 2.60 bits per heavy atom. The molecule has 0 fully saturated rings. The standard InChI is InChI=1S/C13H15NO/c15-11-13-6-8-14(9-7-13)10-12-4-2-1-3-5-12/h1-8,15H,9-11H2. The maximum Gasteiger partial charge on any atom is 0.0679 e. The average Bonchev–Trinajstić information content (AvgIpc) is 2.31. The van der Waals surface area contributed by atoms with Crippen LogP contribution >= 0.6 is 0 Å². The molecule has 0 saturated carbocycles. The first-order valence-electron chi connectivity index (χ1n) is 5.14. The lowest BCUT2D eigenvalue weighted by Crippen LogP contribution is -2.19. The fraction of sp³-hybridized carbons (Fsp3) is 0.231. The minimum Gasteiger partial charge on any atom is -0.392 e. The molecule has 0 amide bonds. The SMILES string of the molecule is OCC1=CCN(Cc2ccccc2)C=C1. The summed E-state index contributed by atoms with van der Waals surface area (Å²) in [6, 6.07) is 10.4. The Balaban J connectivity index is 1.94. The molecule has 78 valence electrons. The number of hydrogen-bond donors (Lipinski definition) is 1. The average molecular weight is 201 g/mol. The second-order valence-corrected chi connectivity index (χ2v) is 3.67. The smallest absolute Gasteiger partial charge is 0.0679 e. The summed E-state index contributed by atoms with van der Waals surface area (Å²) < 4.78 is 0. The van der Waals surface area contributed by atoms with Crippen molar-refractivity contribution in [1.82, 2.24) is 4.90 Å². The van der Waals surface area contributed by atoms with Gasteiger partial charge in [0.1, 0.15) is 0 Å². The fourth-order valence-corrected chi connectivity index (χ4v) is 1.62. The van der Waals surface area contributed by atoms with Crippen molar-refractivity contribution in [2.45, 2.75) is 6.54 Å². The number of nitrogens with zero attached hydrogens (tertiary/aromatic N) is 1. The highest BCUT2D eigenvalue weighted by Gasteiger charge is 2.04. The van der Waals surface area contributed by atoms with Crippen LogP contribution in [0.1, 0.15) is 5.56 Å². The molecule has 1 heterocycles. The maximum atomic E-state index is 8.93. The summed E-state index contributed by atoms with van der Waals surface area (Å²) in [6.07, 6.45) is 6.06. The van der Waals surface area contributed by atoms with Crippen molar-refractivity contribution in [3.63, 3.8) is 0 Å². The molecule has 0 radical (unpaired) electrons. The Hall–Kier alpha value is -1.54. The molecule has 15 heavy (non-hydrogen) atoms. The molecule has 2 heteroatoms. The van der Waals surface area contributed by atoms with Gasteiger partial charge in [0.05, 0.1) is 6.61 Å². The molecule has 0 aliphatic carbocycles.